The van der Waals surface area contributed by atoms with Crippen LogP contribution in [0.1, 0.15) is 35.7 Å². The predicted molar refractivity (Wildman–Crippen MR) is 137 cm³/mol. The normalized spacial score (nSPS) is 14.7. The van der Waals surface area contributed by atoms with Crippen LogP contribution in [0.4, 0.5) is 9.93 Å². The Balaban J connectivity index is 1.20. The van der Waals surface area contributed by atoms with Gasteiger partial charge in [-0.3, -0.25) is 20.4 Å². The number of urea groups is 1. The minimum Gasteiger partial charge on any atom is -0.504 e. The molecule has 1 fully saturated rings. The van der Waals surface area contributed by atoms with Crippen molar-refractivity contribution >= 4 is 49.6 Å². The highest BCUT2D eigenvalue weighted by molar-refractivity contribution is 7.22. The number of benzene rings is 2. The van der Waals surface area contributed by atoms with Crippen LogP contribution in [-0.4, -0.2) is 40.0 Å². The van der Waals surface area contributed by atoms with E-state index in [-0.39, 0.29) is 16.9 Å². The lowest BCUT2D eigenvalue weighted by molar-refractivity contribution is 0.0934. The Morgan fingerprint density at radius 1 is 1.17 bits per heavy atom. The molecule has 1 saturated heterocycles. The van der Waals surface area contributed by atoms with Crippen LogP contribution in [0.3, 0.4) is 0 Å². The molecule has 3 heterocycles. The fraction of sp³-hybridized carbons (Fsp3) is 0.280. The number of aromatic nitrogens is 1. The van der Waals surface area contributed by atoms with E-state index in [1.165, 1.54) is 41.9 Å². The molecule has 11 heteroatoms. The number of phenolic OH excluding ortho intramolecular Hbond substituents is 1. The van der Waals surface area contributed by atoms with Gasteiger partial charge in [-0.05, 0) is 61.7 Å². The number of carbonyl (C=O) groups excluding carboxylic acids is 2. The molecule has 0 spiro atoms. The second-order valence-corrected chi connectivity index (χ2v) is 9.99. The van der Waals surface area contributed by atoms with Crippen LogP contribution >= 0.6 is 11.3 Å². The molecule has 0 saturated carbocycles. The van der Waals surface area contributed by atoms with Gasteiger partial charge in [0.2, 0.25) is 0 Å². The molecule has 186 valence electrons. The van der Waals surface area contributed by atoms with Crippen LogP contribution in [-0.2, 0) is 6.54 Å². The maximum Gasteiger partial charge on any atom is 0.349 e. The minimum absolute atomic E-state index is 0.0192. The summed E-state index contributed by atoms with van der Waals surface area (Å²) in [6.45, 7) is 5.39. The Morgan fingerprint density at radius 3 is 2.78 bits per heavy atom. The SMILES string of the molecule is CC1CCN(Cc2ccc3nc(NC(=O)NNC(=O)c4cc5cccc(O)c5oc4=O)sc3c2)CC1. The van der Waals surface area contributed by atoms with Crippen molar-refractivity contribution < 1.29 is 19.1 Å². The number of hydrogen-bond donors (Lipinski definition) is 4. The van der Waals surface area contributed by atoms with Gasteiger partial charge in [0.1, 0.15) is 5.56 Å². The van der Waals surface area contributed by atoms with Crippen molar-refractivity contribution in [3.63, 3.8) is 0 Å². The molecule has 3 amide bonds. The number of aromatic hydroxyl groups is 1. The summed E-state index contributed by atoms with van der Waals surface area (Å²) in [4.78, 5) is 43.8. The number of amides is 3. The molecule has 36 heavy (non-hydrogen) atoms. The van der Waals surface area contributed by atoms with E-state index in [2.05, 4.69) is 45.1 Å². The van der Waals surface area contributed by atoms with Crippen molar-refractivity contribution in [3.05, 3.63) is 64.0 Å². The molecule has 0 aliphatic carbocycles. The smallest absolute Gasteiger partial charge is 0.349 e. The molecule has 2 aromatic carbocycles. The van der Waals surface area contributed by atoms with Crippen LogP contribution in [0.15, 0.2) is 51.7 Å². The van der Waals surface area contributed by atoms with Gasteiger partial charge in [0, 0.05) is 11.9 Å². The number of fused-ring (bicyclic) bond motifs is 2. The number of piperidine rings is 1. The van der Waals surface area contributed by atoms with E-state index in [9.17, 15) is 19.5 Å². The zero-order chi connectivity index (χ0) is 25.2. The predicted octanol–water partition coefficient (Wildman–Crippen LogP) is 3.81. The lowest BCUT2D eigenvalue weighted by Gasteiger charge is -2.30. The first-order valence-electron chi connectivity index (χ1n) is 11.6. The molecule has 0 unspecified atom stereocenters. The Morgan fingerprint density at radius 2 is 1.97 bits per heavy atom. The van der Waals surface area contributed by atoms with E-state index < -0.39 is 17.6 Å². The number of hydrogen-bond acceptors (Lipinski definition) is 8. The van der Waals surface area contributed by atoms with Gasteiger partial charge in [-0.1, -0.05) is 36.5 Å². The topological polar surface area (TPSA) is 137 Å². The minimum atomic E-state index is -0.940. The number of thiazole rings is 1. The maximum absolute atomic E-state index is 12.4. The second kappa shape index (κ2) is 9.96. The summed E-state index contributed by atoms with van der Waals surface area (Å²) in [5.41, 5.74) is 5.08. The molecule has 2 aromatic heterocycles. The summed E-state index contributed by atoms with van der Waals surface area (Å²) in [6.07, 6.45) is 2.44. The van der Waals surface area contributed by atoms with Gasteiger partial charge in [0.25, 0.3) is 5.91 Å². The van der Waals surface area contributed by atoms with Gasteiger partial charge >= 0.3 is 11.7 Å². The van der Waals surface area contributed by atoms with Crippen molar-refractivity contribution in [2.45, 2.75) is 26.3 Å². The Hall–Kier alpha value is -3.96. The number of nitrogens with one attached hydrogen (secondary N) is 3. The van der Waals surface area contributed by atoms with Gasteiger partial charge in [-0.2, -0.15) is 0 Å². The first-order chi connectivity index (χ1) is 17.4. The molecule has 1 aliphatic rings. The van der Waals surface area contributed by atoms with Gasteiger partial charge < -0.3 is 9.52 Å². The maximum atomic E-state index is 12.4. The van der Waals surface area contributed by atoms with E-state index in [1.54, 1.807) is 12.1 Å². The van der Waals surface area contributed by atoms with Crippen molar-refractivity contribution in [1.82, 2.24) is 20.7 Å². The van der Waals surface area contributed by atoms with E-state index in [4.69, 9.17) is 4.42 Å². The van der Waals surface area contributed by atoms with Gasteiger partial charge in [-0.25, -0.2) is 20.0 Å². The van der Waals surface area contributed by atoms with Gasteiger partial charge in [0.05, 0.1) is 10.2 Å². The quantitative estimate of drug-likeness (QED) is 0.244. The van der Waals surface area contributed by atoms with Crippen LogP contribution in [0, 0.1) is 5.92 Å². The van der Waals surface area contributed by atoms with Crippen molar-refractivity contribution in [3.8, 4) is 5.75 Å². The summed E-state index contributed by atoms with van der Waals surface area (Å²) in [5.74, 6) is -0.280. The highest BCUT2D eigenvalue weighted by Crippen LogP contribution is 2.28. The number of likely N-dealkylation sites (tertiary alicyclic amines) is 1. The number of carbonyl (C=O) groups is 2. The van der Waals surface area contributed by atoms with E-state index in [0.717, 1.165) is 35.8 Å². The fourth-order valence-electron chi connectivity index (χ4n) is 4.20. The molecule has 10 nitrogen and oxygen atoms in total. The Bertz CT molecular complexity index is 1510. The van der Waals surface area contributed by atoms with Gasteiger partial charge in [-0.15, -0.1) is 0 Å². The number of hydrazine groups is 1. The monoisotopic (exact) mass is 507 g/mol. The van der Waals surface area contributed by atoms with Crippen molar-refractivity contribution in [1.29, 1.82) is 0 Å². The third kappa shape index (κ3) is 5.16. The number of para-hydroxylation sites is 1. The van der Waals surface area contributed by atoms with Crippen LogP contribution in [0.25, 0.3) is 21.2 Å². The van der Waals surface area contributed by atoms with Crippen molar-refractivity contribution in [2.24, 2.45) is 5.92 Å². The molecule has 4 aromatic rings. The average molecular weight is 508 g/mol. The number of anilines is 1. The first kappa shape index (κ1) is 23.8. The largest absolute Gasteiger partial charge is 0.504 e. The molecular formula is C25H25N5O5S. The third-order valence-corrected chi connectivity index (χ3v) is 7.16. The molecule has 4 N–H and O–H groups in total. The second-order valence-electron chi connectivity index (χ2n) is 8.96. The summed E-state index contributed by atoms with van der Waals surface area (Å²) in [6, 6.07) is 11.2. The van der Waals surface area contributed by atoms with Crippen molar-refractivity contribution in [2.75, 3.05) is 18.4 Å². The summed E-state index contributed by atoms with van der Waals surface area (Å²) >= 11 is 1.34. The van der Waals surface area contributed by atoms with E-state index in [1.807, 2.05) is 6.07 Å². The summed E-state index contributed by atoms with van der Waals surface area (Å²) < 4.78 is 5.99. The third-order valence-electron chi connectivity index (χ3n) is 6.23. The van der Waals surface area contributed by atoms with Crippen LogP contribution < -0.4 is 21.8 Å². The van der Waals surface area contributed by atoms with E-state index >= 15 is 0 Å². The van der Waals surface area contributed by atoms with E-state index in [0.29, 0.717) is 10.5 Å². The molecule has 0 bridgehead atoms. The Kier molecular flexibility index (Phi) is 6.57. The molecular weight excluding hydrogens is 482 g/mol. The van der Waals surface area contributed by atoms with Crippen LogP contribution in [0.5, 0.6) is 5.75 Å². The molecule has 5 rings (SSSR count). The zero-order valence-electron chi connectivity index (χ0n) is 19.5. The molecule has 0 atom stereocenters. The number of phenols is 1. The summed E-state index contributed by atoms with van der Waals surface area (Å²) in [5, 5.41) is 13.1. The average Bonchev–Trinajstić information content (AvgIpc) is 3.25. The number of nitrogens with zero attached hydrogens (tertiary/aromatic N) is 2. The summed E-state index contributed by atoms with van der Waals surface area (Å²) in [7, 11) is 0. The fourth-order valence-corrected chi connectivity index (χ4v) is 5.12. The molecule has 0 radical (unpaired) electrons. The highest BCUT2D eigenvalue weighted by atomic mass is 32.1. The standard InChI is InChI=1S/C25H25N5O5S/c1-14-7-9-30(10-8-14)13-15-5-6-18-20(11-15)36-25(26-18)27-24(34)29-28-22(32)17-12-16-3-2-4-19(31)21(16)35-23(17)33/h2-6,11-12,14,31H,7-10,13H2,1H3,(H,28,32)(H2,26,27,29,34). The first-order valence-corrected chi connectivity index (χ1v) is 12.4. The zero-order valence-corrected chi connectivity index (χ0v) is 20.4. The highest BCUT2D eigenvalue weighted by Gasteiger charge is 2.18. The molecule has 1 aliphatic heterocycles. The van der Waals surface area contributed by atoms with Gasteiger partial charge in [0.15, 0.2) is 16.5 Å². The number of rotatable bonds is 4. The Labute approximate surface area is 209 Å². The lowest BCUT2D eigenvalue weighted by Crippen LogP contribution is -2.45. The van der Waals surface area contributed by atoms with Crippen LogP contribution in [0.2, 0.25) is 0 Å². The lowest BCUT2D eigenvalue weighted by atomic mass is 9.99.